The molecule has 1 aromatic heterocycles. The Morgan fingerprint density at radius 2 is 1.44 bits per heavy atom. The Bertz CT molecular complexity index is 1030. The van der Waals surface area contributed by atoms with E-state index in [4.69, 9.17) is 0 Å². The molecule has 4 rings (SSSR count). The van der Waals surface area contributed by atoms with E-state index in [2.05, 4.69) is 25.3 Å². The van der Waals surface area contributed by atoms with E-state index in [0.717, 1.165) is 31.4 Å². The molecule has 0 bridgehead atoms. The van der Waals surface area contributed by atoms with Gasteiger partial charge in [0.05, 0.1) is 15.9 Å². The number of rotatable bonds is 5. The number of anilines is 2. The summed E-state index contributed by atoms with van der Waals surface area (Å²) in [5.74, 6) is 0.677. The third kappa shape index (κ3) is 4.01. The molecule has 7 nitrogen and oxygen atoms in total. The number of hydrogen-bond donors (Lipinski definition) is 3. The van der Waals surface area contributed by atoms with Crippen molar-refractivity contribution in [3.63, 3.8) is 0 Å². The number of benzene rings is 2. The molecule has 0 unspecified atom stereocenters. The Morgan fingerprint density at radius 3 is 2.11 bits per heavy atom. The zero-order valence-corrected chi connectivity index (χ0v) is 15.5. The second kappa shape index (κ2) is 7.50. The average Bonchev–Trinajstić information content (AvgIpc) is 2.70. The van der Waals surface area contributed by atoms with Gasteiger partial charge in [0.2, 0.25) is 0 Å². The molecule has 1 aliphatic heterocycles. The molecule has 2 heterocycles. The predicted octanol–water partition coefficient (Wildman–Crippen LogP) is 2.59. The van der Waals surface area contributed by atoms with Gasteiger partial charge in [-0.3, -0.25) is 4.72 Å². The molecule has 0 radical (unpaired) electrons. The minimum Gasteiger partial charge on any atom is -0.364 e. The van der Waals surface area contributed by atoms with Gasteiger partial charge in [-0.25, -0.2) is 18.4 Å². The molecule has 0 amide bonds. The van der Waals surface area contributed by atoms with Crippen LogP contribution in [0.25, 0.3) is 11.0 Å². The molecule has 0 spiro atoms. The van der Waals surface area contributed by atoms with Crippen molar-refractivity contribution in [2.45, 2.75) is 23.8 Å². The maximum atomic E-state index is 12.8. The van der Waals surface area contributed by atoms with Crippen LogP contribution in [0.4, 0.5) is 11.6 Å². The molecule has 0 saturated carbocycles. The lowest BCUT2D eigenvalue weighted by molar-refractivity contribution is 0.478. The van der Waals surface area contributed by atoms with Crippen LogP contribution in [0.1, 0.15) is 12.8 Å². The van der Waals surface area contributed by atoms with Crippen molar-refractivity contribution < 1.29 is 8.42 Å². The molecule has 3 N–H and O–H groups in total. The van der Waals surface area contributed by atoms with E-state index in [9.17, 15) is 8.42 Å². The zero-order chi connectivity index (χ0) is 18.7. The van der Waals surface area contributed by atoms with Crippen molar-refractivity contribution in [2.75, 3.05) is 23.1 Å². The van der Waals surface area contributed by atoms with Crippen LogP contribution in [0.5, 0.6) is 0 Å². The lowest BCUT2D eigenvalue weighted by Gasteiger charge is -2.25. The minimum absolute atomic E-state index is 0.188. The highest BCUT2D eigenvalue weighted by molar-refractivity contribution is 7.92. The van der Waals surface area contributed by atoms with Crippen molar-refractivity contribution in [3.8, 4) is 0 Å². The number of fused-ring (bicyclic) bond motifs is 1. The largest absolute Gasteiger partial charge is 0.364 e. The summed E-state index contributed by atoms with van der Waals surface area (Å²) in [5, 5.41) is 6.69. The first kappa shape index (κ1) is 17.7. The Labute approximate surface area is 158 Å². The molecule has 0 aliphatic carbocycles. The first-order chi connectivity index (χ1) is 13.1. The second-order valence-electron chi connectivity index (χ2n) is 6.50. The number of nitrogens with one attached hydrogen (secondary N) is 3. The average molecular weight is 383 g/mol. The Hall–Kier alpha value is -2.71. The molecule has 8 heteroatoms. The Balaban J connectivity index is 1.72. The van der Waals surface area contributed by atoms with Crippen LogP contribution in [-0.2, 0) is 10.0 Å². The summed E-state index contributed by atoms with van der Waals surface area (Å²) in [6.07, 6.45) is 1.89. The SMILES string of the molecule is O=S(=O)(Nc1nc2ccccc2nc1NC1CCNCC1)c1ccccc1. The topological polar surface area (TPSA) is 96.0 Å². The highest BCUT2D eigenvalue weighted by Crippen LogP contribution is 2.25. The van der Waals surface area contributed by atoms with E-state index < -0.39 is 10.0 Å². The number of piperidine rings is 1. The van der Waals surface area contributed by atoms with Gasteiger partial charge in [-0.1, -0.05) is 30.3 Å². The Kier molecular flexibility index (Phi) is 4.91. The van der Waals surface area contributed by atoms with Crippen LogP contribution in [-0.4, -0.2) is 37.5 Å². The van der Waals surface area contributed by atoms with Crippen LogP contribution >= 0.6 is 0 Å². The fourth-order valence-corrected chi connectivity index (χ4v) is 4.15. The summed E-state index contributed by atoms with van der Waals surface area (Å²) in [4.78, 5) is 9.33. The maximum absolute atomic E-state index is 12.8. The lowest BCUT2D eigenvalue weighted by Crippen LogP contribution is -2.35. The van der Waals surface area contributed by atoms with Crippen molar-refractivity contribution in [3.05, 3.63) is 54.6 Å². The summed E-state index contributed by atoms with van der Waals surface area (Å²) >= 11 is 0. The van der Waals surface area contributed by atoms with E-state index in [0.29, 0.717) is 11.3 Å². The van der Waals surface area contributed by atoms with Crippen molar-refractivity contribution in [1.29, 1.82) is 0 Å². The molecular formula is C19H21N5O2S. The minimum atomic E-state index is -3.75. The number of nitrogens with zero attached hydrogens (tertiary/aromatic N) is 2. The monoisotopic (exact) mass is 383 g/mol. The molecule has 1 fully saturated rings. The van der Waals surface area contributed by atoms with Crippen LogP contribution in [0.2, 0.25) is 0 Å². The second-order valence-corrected chi connectivity index (χ2v) is 8.18. The van der Waals surface area contributed by atoms with Crippen molar-refractivity contribution in [1.82, 2.24) is 15.3 Å². The summed E-state index contributed by atoms with van der Waals surface area (Å²) in [5.41, 5.74) is 1.36. The van der Waals surface area contributed by atoms with Gasteiger partial charge in [0.25, 0.3) is 10.0 Å². The first-order valence-corrected chi connectivity index (χ1v) is 10.4. The van der Waals surface area contributed by atoms with Gasteiger partial charge in [-0.05, 0) is 50.2 Å². The first-order valence-electron chi connectivity index (χ1n) is 8.94. The number of sulfonamides is 1. The predicted molar refractivity (Wildman–Crippen MR) is 106 cm³/mol. The van der Waals surface area contributed by atoms with Gasteiger partial charge in [0.1, 0.15) is 0 Å². The quantitative estimate of drug-likeness (QED) is 0.627. The van der Waals surface area contributed by atoms with E-state index in [1.54, 1.807) is 30.3 Å². The van der Waals surface area contributed by atoms with E-state index in [1.165, 1.54) is 0 Å². The summed E-state index contributed by atoms with van der Waals surface area (Å²) in [6.45, 7) is 1.84. The van der Waals surface area contributed by atoms with E-state index in [1.807, 2.05) is 24.3 Å². The third-order valence-electron chi connectivity index (χ3n) is 4.54. The molecule has 1 saturated heterocycles. The zero-order valence-electron chi connectivity index (χ0n) is 14.7. The van der Waals surface area contributed by atoms with Gasteiger partial charge in [0, 0.05) is 6.04 Å². The smallest absolute Gasteiger partial charge is 0.263 e. The van der Waals surface area contributed by atoms with Crippen LogP contribution < -0.4 is 15.4 Å². The van der Waals surface area contributed by atoms with E-state index >= 15 is 0 Å². The van der Waals surface area contributed by atoms with Crippen molar-refractivity contribution in [2.24, 2.45) is 0 Å². The fraction of sp³-hybridized carbons (Fsp3) is 0.263. The van der Waals surface area contributed by atoms with Gasteiger partial charge >= 0.3 is 0 Å². The Morgan fingerprint density at radius 1 is 0.852 bits per heavy atom. The van der Waals surface area contributed by atoms with Gasteiger partial charge in [0.15, 0.2) is 11.6 Å². The van der Waals surface area contributed by atoms with Gasteiger partial charge < -0.3 is 10.6 Å². The van der Waals surface area contributed by atoms with Crippen LogP contribution in [0.3, 0.4) is 0 Å². The van der Waals surface area contributed by atoms with Gasteiger partial charge in [-0.15, -0.1) is 0 Å². The van der Waals surface area contributed by atoms with E-state index in [-0.39, 0.29) is 16.8 Å². The summed E-state index contributed by atoms with van der Waals surface area (Å²) in [7, 11) is -3.75. The highest BCUT2D eigenvalue weighted by atomic mass is 32.2. The number of hydrogen-bond acceptors (Lipinski definition) is 6. The fourth-order valence-electron chi connectivity index (χ4n) is 3.12. The molecule has 140 valence electrons. The highest BCUT2D eigenvalue weighted by Gasteiger charge is 2.21. The molecule has 0 atom stereocenters. The third-order valence-corrected chi connectivity index (χ3v) is 5.89. The summed E-state index contributed by atoms with van der Waals surface area (Å²) in [6, 6.07) is 15.9. The molecule has 1 aliphatic rings. The van der Waals surface area contributed by atoms with Crippen molar-refractivity contribution >= 4 is 32.7 Å². The molecule has 2 aromatic carbocycles. The maximum Gasteiger partial charge on any atom is 0.263 e. The molecular weight excluding hydrogens is 362 g/mol. The normalized spacial score (nSPS) is 15.6. The lowest BCUT2D eigenvalue weighted by atomic mass is 10.1. The molecule has 27 heavy (non-hydrogen) atoms. The van der Waals surface area contributed by atoms with Gasteiger partial charge in [-0.2, -0.15) is 0 Å². The van der Waals surface area contributed by atoms with Crippen LogP contribution in [0, 0.1) is 0 Å². The summed E-state index contributed by atoms with van der Waals surface area (Å²) < 4.78 is 28.1. The number of aromatic nitrogens is 2. The van der Waals surface area contributed by atoms with Crippen LogP contribution in [0.15, 0.2) is 59.5 Å². The standard InChI is InChI=1S/C19H21N5O2S/c25-27(26,15-6-2-1-3-7-15)24-19-18(21-14-10-12-20-13-11-14)22-16-8-4-5-9-17(16)23-19/h1-9,14,20H,10-13H2,(H,21,22)(H,23,24). The number of para-hydroxylation sites is 2. The molecule has 3 aromatic rings.